The summed E-state index contributed by atoms with van der Waals surface area (Å²) in [6, 6.07) is 13.1. The number of methoxy groups -OCH3 is 1. The maximum absolute atomic E-state index is 13.9. The summed E-state index contributed by atoms with van der Waals surface area (Å²) in [5, 5.41) is 0. The third kappa shape index (κ3) is 4.83. The van der Waals surface area contributed by atoms with Crippen LogP contribution in [0.5, 0.6) is 5.75 Å². The second-order valence-corrected chi connectivity index (χ2v) is 10.5. The number of amides is 1. The van der Waals surface area contributed by atoms with Crippen molar-refractivity contribution in [1.82, 2.24) is 14.5 Å². The fourth-order valence-corrected chi connectivity index (χ4v) is 6.12. The van der Waals surface area contributed by atoms with Gasteiger partial charge < -0.3 is 23.8 Å². The Labute approximate surface area is 224 Å². The number of ether oxygens (including phenoxy) is 2. The van der Waals surface area contributed by atoms with E-state index in [0.717, 1.165) is 93.2 Å². The maximum atomic E-state index is 13.9. The van der Waals surface area contributed by atoms with E-state index < -0.39 is 0 Å². The van der Waals surface area contributed by atoms with E-state index in [9.17, 15) is 4.79 Å². The standard InChI is InChI=1S/C31H36N4O3/c1-22-20-34(21-32-22)29-11-8-23(18-30(29)37-2)17-25-6-4-12-35(31(25)36)28-7-3-5-24-9-10-26(19-27(24)28)33-13-15-38-16-14-33/h8-11,17-21,28H,3-7,12-16H2,1-2H3/b25-17+/t28-/m1/s1. The summed E-state index contributed by atoms with van der Waals surface area (Å²) in [5.74, 6) is 0.924. The number of rotatable bonds is 5. The van der Waals surface area contributed by atoms with Gasteiger partial charge in [0, 0.05) is 37.1 Å². The predicted octanol–water partition coefficient (Wildman–Crippen LogP) is 5.11. The Morgan fingerprint density at radius 2 is 1.92 bits per heavy atom. The van der Waals surface area contributed by atoms with Crippen LogP contribution in [0.4, 0.5) is 5.69 Å². The van der Waals surface area contributed by atoms with Gasteiger partial charge in [-0.2, -0.15) is 0 Å². The minimum Gasteiger partial charge on any atom is -0.495 e. The van der Waals surface area contributed by atoms with Crippen LogP contribution in [0.3, 0.4) is 0 Å². The highest BCUT2D eigenvalue weighted by atomic mass is 16.5. The zero-order valence-electron chi connectivity index (χ0n) is 22.4. The molecule has 0 bridgehead atoms. The molecule has 2 fully saturated rings. The molecule has 6 rings (SSSR count). The number of carbonyl (C=O) groups excluding carboxylic acids is 1. The Bertz CT molecular complexity index is 1350. The first-order chi connectivity index (χ1) is 18.6. The van der Waals surface area contributed by atoms with Crippen LogP contribution in [0.25, 0.3) is 11.8 Å². The Morgan fingerprint density at radius 1 is 1.05 bits per heavy atom. The Balaban J connectivity index is 1.27. The van der Waals surface area contributed by atoms with E-state index in [1.54, 1.807) is 13.4 Å². The van der Waals surface area contributed by atoms with Gasteiger partial charge in [-0.05, 0) is 86.1 Å². The van der Waals surface area contributed by atoms with Crippen LogP contribution < -0.4 is 9.64 Å². The van der Waals surface area contributed by atoms with Gasteiger partial charge in [-0.1, -0.05) is 12.1 Å². The Hall–Kier alpha value is -3.58. The van der Waals surface area contributed by atoms with Crippen LogP contribution >= 0.6 is 0 Å². The number of aromatic nitrogens is 2. The second kappa shape index (κ2) is 10.7. The van der Waals surface area contributed by atoms with E-state index >= 15 is 0 Å². The molecule has 2 saturated heterocycles. The van der Waals surface area contributed by atoms with Gasteiger partial charge in [-0.25, -0.2) is 4.98 Å². The lowest BCUT2D eigenvalue weighted by molar-refractivity contribution is -0.131. The van der Waals surface area contributed by atoms with Crippen molar-refractivity contribution < 1.29 is 14.3 Å². The molecule has 7 nitrogen and oxygen atoms in total. The smallest absolute Gasteiger partial charge is 0.250 e. The van der Waals surface area contributed by atoms with Crippen LogP contribution in [0.2, 0.25) is 0 Å². The Morgan fingerprint density at radius 3 is 2.71 bits per heavy atom. The SMILES string of the molecule is COc1cc(/C=C2\CCCN([C@@H]3CCCc4ccc(N5CCOCC5)cc43)C2=O)ccc1-n1cnc(C)c1. The van der Waals surface area contributed by atoms with Crippen molar-refractivity contribution in [2.75, 3.05) is 44.9 Å². The number of imidazole rings is 1. The van der Waals surface area contributed by atoms with E-state index in [0.29, 0.717) is 0 Å². The minimum absolute atomic E-state index is 0.136. The number of nitrogens with zero attached hydrogens (tertiary/aromatic N) is 4. The second-order valence-electron chi connectivity index (χ2n) is 10.5. The van der Waals surface area contributed by atoms with Crippen molar-refractivity contribution in [3.8, 4) is 11.4 Å². The molecule has 7 heteroatoms. The number of carbonyl (C=O) groups is 1. The fraction of sp³-hybridized carbons (Fsp3) is 0.419. The first kappa shape index (κ1) is 24.7. The third-order valence-electron chi connectivity index (χ3n) is 8.08. The number of fused-ring (bicyclic) bond motifs is 1. The summed E-state index contributed by atoms with van der Waals surface area (Å²) in [4.78, 5) is 22.7. The van der Waals surface area contributed by atoms with Crippen LogP contribution in [0.15, 0.2) is 54.5 Å². The zero-order chi connectivity index (χ0) is 26.1. The number of piperidine rings is 1. The number of likely N-dealkylation sites (tertiary alicyclic amines) is 1. The van der Waals surface area contributed by atoms with Crippen molar-refractivity contribution >= 4 is 17.7 Å². The molecular formula is C31H36N4O3. The van der Waals surface area contributed by atoms with Gasteiger partial charge >= 0.3 is 0 Å². The lowest BCUT2D eigenvalue weighted by atomic mass is 9.85. The molecule has 3 heterocycles. The topological polar surface area (TPSA) is 59.8 Å². The van der Waals surface area contributed by atoms with E-state index in [1.807, 2.05) is 35.9 Å². The average Bonchev–Trinajstić information content (AvgIpc) is 3.40. The van der Waals surface area contributed by atoms with Crippen molar-refractivity contribution in [1.29, 1.82) is 0 Å². The number of hydrogen-bond acceptors (Lipinski definition) is 5. The van der Waals surface area contributed by atoms with Crippen LogP contribution in [0, 0.1) is 6.92 Å². The van der Waals surface area contributed by atoms with E-state index in [2.05, 4.69) is 39.0 Å². The van der Waals surface area contributed by atoms with Gasteiger partial charge in [-0.3, -0.25) is 4.79 Å². The molecule has 0 saturated carbocycles. The molecule has 3 aromatic rings. The van der Waals surface area contributed by atoms with Gasteiger partial charge in [0.05, 0.1) is 44.1 Å². The number of aryl methyl sites for hydroxylation is 2. The largest absolute Gasteiger partial charge is 0.495 e. The summed E-state index contributed by atoms with van der Waals surface area (Å²) in [5.41, 5.74) is 7.70. The molecule has 1 amide bonds. The molecule has 2 aromatic carbocycles. The monoisotopic (exact) mass is 512 g/mol. The van der Waals surface area contributed by atoms with Crippen LogP contribution in [0.1, 0.15) is 54.1 Å². The van der Waals surface area contributed by atoms with Crippen molar-refractivity contribution in [2.45, 2.75) is 45.1 Å². The summed E-state index contributed by atoms with van der Waals surface area (Å²) in [7, 11) is 1.68. The number of benzene rings is 2. The molecule has 0 spiro atoms. The minimum atomic E-state index is 0.136. The van der Waals surface area contributed by atoms with Gasteiger partial charge in [0.1, 0.15) is 5.75 Å². The molecule has 2 aliphatic heterocycles. The highest BCUT2D eigenvalue weighted by molar-refractivity contribution is 5.99. The molecular weight excluding hydrogens is 476 g/mol. The van der Waals surface area contributed by atoms with Crippen molar-refractivity contribution in [3.63, 3.8) is 0 Å². The van der Waals surface area contributed by atoms with E-state index in [4.69, 9.17) is 9.47 Å². The molecule has 1 aliphatic carbocycles. The van der Waals surface area contributed by atoms with Crippen molar-refractivity contribution in [2.24, 2.45) is 0 Å². The van der Waals surface area contributed by atoms with Gasteiger partial charge in [0.15, 0.2) is 0 Å². The number of hydrogen-bond donors (Lipinski definition) is 0. The quantitative estimate of drug-likeness (QED) is 0.445. The summed E-state index contributed by atoms with van der Waals surface area (Å²) < 4.78 is 13.2. The van der Waals surface area contributed by atoms with E-state index in [1.165, 1.54) is 16.8 Å². The first-order valence-electron chi connectivity index (χ1n) is 13.8. The zero-order valence-corrected chi connectivity index (χ0v) is 22.4. The Kier molecular flexibility index (Phi) is 6.94. The molecule has 0 N–H and O–H groups in total. The highest BCUT2D eigenvalue weighted by Gasteiger charge is 2.33. The van der Waals surface area contributed by atoms with Crippen molar-refractivity contribution in [3.05, 3.63) is 76.9 Å². The molecule has 1 atom stereocenters. The molecule has 0 radical (unpaired) electrons. The first-order valence-corrected chi connectivity index (χ1v) is 13.8. The van der Waals surface area contributed by atoms with E-state index in [-0.39, 0.29) is 11.9 Å². The number of morpholine rings is 1. The maximum Gasteiger partial charge on any atom is 0.250 e. The normalized spacial score (nSPS) is 21.1. The number of anilines is 1. The fourth-order valence-electron chi connectivity index (χ4n) is 6.12. The van der Waals surface area contributed by atoms with Gasteiger partial charge in [0.25, 0.3) is 0 Å². The molecule has 38 heavy (non-hydrogen) atoms. The molecule has 198 valence electrons. The van der Waals surface area contributed by atoms with Crippen LogP contribution in [-0.2, 0) is 16.0 Å². The lowest BCUT2D eigenvalue weighted by Gasteiger charge is -2.39. The van der Waals surface area contributed by atoms with Crippen LogP contribution in [-0.4, -0.2) is 60.3 Å². The third-order valence-corrected chi connectivity index (χ3v) is 8.08. The highest BCUT2D eigenvalue weighted by Crippen LogP contribution is 2.39. The van der Waals surface area contributed by atoms with Gasteiger partial charge in [0.2, 0.25) is 5.91 Å². The molecule has 3 aliphatic rings. The summed E-state index contributed by atoms with van der Waals surface area (Å²) in [6.45, 7) is 6.16. The summed E-state index contributed by atoms with van der Waals surface area (Å²) >= 11 is 0. The summed E-state index contributed by atoms with van der Waals surface area (Å²) in [6.07, 6.45) is 10.8. The molecule has 0 unspecified atom stereocenters. The predicted molar refractivity (Wildman–Crippen MR) is 149 cm³/mol. The average molecular weight is 513 g/mol. The lowest BCUT2D eigenvalue weighted by Crippen LogP contribution is -2.41. The van der Waals surface area contributed by atoms with Gasteiger partial charge in [-0.15, -0.1) is 0 Å². The molecule has 1 aromatic heterocycles.